The average molecular weight is 1080 g/mol. The third kappa shape index (κ3) is 60.2. The molecule has 0 spiro atoms. The summed E-state index contributed by atoms with van der Waals surface area (Å²) in [6, 6.07) is 0. The van der Waals surface area contributed by atoms with E-state index in [0.717, 1.165) is 70.6 Å². The molecule has 0 saturated carbocycles. The van der Waals surface area contributed by atoms with Gasteiger partial charge in [0, 0.05) is 12.8 Å². The fourth-order valence-corrected chi connectivity index (χ4v) is 9.03. The summed E-state index contributed by atoms with van der Waals surface area (Å²) in [5.74, 6) is -2.28. The van der Waals surface area contributed by atoms with Gasteiger partial charge in [0.2, 0.25) is 0 Å². The molecule has 2 atom stereocenters. The van der Waals surface area contributed by atoms with Crippen molar-refractivity contribution in [2.75, 3.05) is 47.5 Å². The molecular formula is C68H121NO8. The molecule has 0 aromatic heterocycles. The lowest BCUT2D eigenvalue weighted by molar-refractivity contribution is -0.870. The van der Waals surface area contributed by atoms with Gasteiger partial charge < -0.3 is 33.3 Å². The minimum atomic E-state index is -1.62. The molecule has 0 aliphatic rings. The number of quaternary nitrogens is 1. The quantitative estimate of drug-likeness (QED) is 0.0195. The number of carboxylic acids is 1. The maximum absolute atomic E-state index is 12.9. The van der Waals surface area contributed by atoms with Crippen molar-refractivity contribution in [1.82, 2.24) is 0 Å². The summed E-state index contributed by atoms with van der Waals surface area (Å²) >= 11 is 0. The van der Waals surface area contributed by atoms with Crippen LogP contribution in [0.3, 0.4) is 0 Å². The molecule has 0 heterocycles. The smallest absolute Gasteiger partial charge is 0.306 e. The first-order chi connectivity index (χ1) is 37.6. The number of carbonyl (C=O) groups is 3. The standard InChI is InChI=1S/C68H121NO8/c1-6-8-10-12-14-16-18-20-22-24-26-28-30-31-32-33-34-35-37-39-41-43-45-47-49-51-53-55-57-59-66(71)77-64(63-76-68(67(72)73)74-61-60-69(3,4)5)62-75-65(70)58-56-54-52-50-48-46-44-42-40-38-36-29-27-25-23-21-19-17-15-13-11-9-7-2/h8,10,14,16,20,22,25-28,31-32,64,68H,6-7,9,11-13,15,17-19,21,23-24,29-30,33-63H2,1-5H3/b10-8-,16-14-,22-20-,27-25-,28-26-,32-31-. The summed E-state index contributed by atoms with van der Waals surface area (Å²) in [5, 5.41) is 11.8. The van der Waals surface area contributed by atoms with Gasteiger partial charge in [-0.3, -0.25) is 9.59 Å². The Balaban J connectivity index is 4.17. The van der Waals surface area contributed by atoms with Crippen LogP contribution in [0.2, 0.25) is 0 Å². The molecule has 0 radical (unpaired) electrons. The molecule has 9 heteroatoms. The van der Waals surface area contributed by atoms with E-state index in [1.807, 2.05) is 21.1 Å². The summed E-state index contributed by atoms with van der Waals surface area (Å²) in [7, 11) is 5.93. The molecule has 0 N–H and O–H groups in total. The SMILES string of the molecule is CC/C=C\C/C=C\C/C=C\C/C=C\C/C=C\CCCCCCCCCCCCCCCC(=O)OC(COC(=O)CCCCCCCCCCCCC/C=C\CCCCCCCCCC)COC(OCC[N+](C)(C)C)C(=O)[O-]. The van der Waals surface area contributed by atoms with Crippen LogP contribution in [0, 0.1) is 0 Å². The molecule has 0 aromatic rings. The van der Waals surface area contributed by atoms with Crippen LogP contribution in [-0.4, -0.2) is 82.3 Å². The third-order valence-electron chi connectivity index (χ3n) is 13.9. The van der Waals surface area contributed by atoms with E-state index in [-0.39, 0.29) is 32.2 Å². The van der Waals surface area contributed by atoms with E-state index in [0.29, 0.717) is 23.9 Å². The second-order valence-corrected chi connectivity index (χ2v) is 22.7. The van der Waals surface area contributed by atoms with Crippen LogP contribution >= 0.6 is 0 Å². The van der Waals surface area contributed by atoms with Gasteiger partial charge in [-0.25, -0.2) is 0 Å². The highest BCUT2D eigenvalue weighted by atomic mass is 16.7. The van der Waals surface area contributed by atoms with Gasteiger partial charge in [0.05, 0.1) is 40.3 Å². The Morgan fingerprint density at radius 2 is 0.740 bits per heavy atom. The first kappa shape index (κ1) is 73.7. The molecule has 0 amide bonds. The predicted octanol–water partition coefficient (Wildman–Crippen LogP) is 18.0. The topological polar surface area (TPSA) is 111 Å². The van der Waals surface area contributed by atoms with E-state index < -0.39 is 24.3 Å². The summed E-state index contributed by atoms with van der Waals surface area (Å²) < 4.78 is 22.8. The van der Waals surface area contributed by atoms with E-state index in [9.17, 15) is 19.5 Å². The zero-order valence-electron chi connectivity index (χ0n) is 50.8. The Morgan fingerprint density at radius 1 is 0.403 bits per heavy atom. The predicted molar refractivity (Wildman–Crippen MR) is 325 cm³/mol. The van der Waals surface area contributed by atoms with Crippen LogP contribution < -0.4 is 5.11 Å². The maximum Gasteiger partial charge on any atom is 0.306 e. The van der Waals surface area contributed by atoms with Crippen LogP contribution in [0.15, 0.2) is 72.9 Å². The number of rotatable bonds is 59. The first-order valence-electron chi connectivity index (χ1n) is 32.1. The van der Waals surface area contributed by atoms with Gasteiger partial charge in [-0.15, -0.1) is 0 Å². The van der Waals surface area contributed by atoms with Crippen LogP contribution in [0.5, 0.6) is 0 Å². The second kappa shape index (κ2) is 58.9. The van der Waals surface area contributed by atoms with E-state index in [1.54, 1.807) is 0 Å². The molecule has 0 aromatic carbocycles. The largest absolute Gasteiger partial charge is 0.545 e. The van der Waals surface area contributed by atoms with Crippen molar-refractivity contribution in [1.29, 1.82) is 0 Å². The number of allylic oxidation sites excluding steroid dienone is 12. The Bertz CT molecular complexity index is 1490. The lowest BCUT2D eigenvalue weighted by atomic mass is 10.0. The number of hydrogen-bond donors (Lipinski definition) is 0. The highest BCUT2D eigenvalue weighted by Gasteiger charge is 2.22. The number of carboxylic acid groups (broad SMARTS) is 1. The fraction of sp³-hybridized carbons (Fsp3) is 0.779. The van der Waals surface area contributed by atoms with Gasteiger partial charge in [0.25, 0.3) is 0 Å². The third-order valence-corrected chi connectivity index (χ3v) is 13.9. The molecule has 446 valence electrons. The summed E-state index contributed by atoms with van der Waals surface area (Å²) in [6.45, 7) is 4.66. The van der Waals surface area contributed by atoms with Crippen molar-refractivity contribution in [3.63, 3.8) is 0 Å². The number of likely N-dealkylation sites (N-methyl/N-ethyl adjacent to an activating group) is 1. The zero-order valence-corrected chi connectivity index (χ0v) is 50.8. The minimum absolute atomic E-state index is 0.146. The Morgan fingerprint density at radius 3 is 1.12 bits per heavy atom. The highest BCUT2D eigenvalue weighted by Crippen LogP contribution is 2.17. The van der Waals surface area contributed by atoms with Gasteiger partial charge >= 0.3 is 11.9 Å². The van der Waals surface area contributed by atoms with E-state index >= 15 is 0 Å². The Hall–Kier alpha value is -3.27. The van der Waals surface area contributed by atoms with Gasteiger partial charge in [-0.2, -0.15) is 0 Å². The van der Waals surface area contributed by atoms with Crippen LogP contribution in [-0.2, 0) is 33.3 Å². The average Bonchev–Trinajstić information content (AvgIpc) is 3.40. The molecule has 0 fully saturated rings. The van der Waals surface area contributed by atoms with Crippen LogP contribution in [0.4, 0.5) is 0 Å². The molecule has 0 bridgehead atoms. The molecule has 0 aliphatic heterocycles. The summed E-state index contributed by atoms with van der Waals surface area (Å²) in [4.78, 5) is 37.4. The van der Waals surface area contributed by atoms with Crippen molar-refractivity contribution < 1.29 is 42.9 Å². The lowest BCUT2D eigenvalue weighted by Crippen LogP contribution is -2.44. The highest BCUT2D eigenvalue weighted by molar-refractivity contribution is 5.70. The monoisotopic (exact) mass is 1080 g/mol. The van der Waals surface area contributed by atoms with Crippen molar-refractivity contribution >= 4 is 17.9 Å². The number of nitrogens with zero attached hydrogens (tertiary/aromatic N) is 1. The number of esters is 2. The first-order valence-corrected chi connectivity index (χ1v) is 32.1. The number of hydrogen-bond acceptors (Lipinski definition) is 8. The Kier molecular flexibility index (Phi) is 56.4. The fourth-order valence-electron chi connectivity index (χ4n) is 9.03. The van der Waals surface area contributed by atoms with Gasteiger partial charge in [0.15, 0.2) is 12.4 Å². The maximum atomic E-state index is 12.9. The van der Waals surface area contributed by atoms with Crippen LogP contribution in [0.25, 0.3) is 0 Å². The van der Waals surface area contributed by atoms with Gasteiger partial charge in [0.1, 0.15) is 13.2 Å². The van der Waals surface area contributed by atoms with Crippen molar-refractivity contribution in [2.45, 2.75) is 296 Å². The number of unbranched alkanes of at least 4 members (excludes halogenated alkanes) is 32. The van der Waals surface area contributed by atoms with E-state index in [1.165, 1.54) is 180 Å². The normalized spacial score (nSPS) is 13.2. The molecular weight excluding hydrogens is 959 g/mol. The summed E-state index contributed by atoms with van der Waals surface area (Å²) in [5.41, 5.74) is 0. The van der Waals surface area contributed by atoms with Crippen molar-refractivity contribution in [2.24, 2.45) is 0 Å². The second-order valence-electron chi connectivity index (χ2n) is 22.7. The summed E-state index contributed by atoms with van der Waals surface area (Å²) in [6.07, 6.45) is 73.9. The van der Waals surface area contributed by atoms with Gasteiger partial charge in [-0.1, -0.05) is 260 Å². The number of carbonyl (C=O) groups excluding carboxylic acids is 3. The molecule has 0 rings (SSSR count). The molecule has 0 saturated heterocycles. The van der Waals surface area contributed by atoms with Crippen LogP contribution in [0.1, 0.15) is 284 Å². The number of ether oxygens (including phenoxy) is 4. The van der Waals surface area contributed by atoms with Crippen molar-refractivity contribution in [3.05, 3.63) is 72.9 Å². The minimum Gasteiger partial charge on any atom is -0.545 e. The lowest BCUT2D eigenvalue weighted by Gasteiger charge is -2.26. The van der Waals surface area contributed by atoms with Crippen molar-refractivity contribution in [3.8, 4) is 0 Å². The molecule has 77 heavy (non-hydrogen) atoms. The van der Waals surface area contributed by atoms with E-state index in [2.05, 4.69) is 86.8 Å². The number of aliphatic carboxylic acids is 1. The molecule has 2 unspecified atom stereocenters. The van der Waals surface area contributed by atoms with E-state index in [4.69, 9.17) is 18.9 Å². The van der Waals surface area contributed by atoms with Gasteiger partial charge in [-0.05, 0) is 83.5 Å². The zero-order chi connectivity index (χ0) is 56.2. The molecule has 9 nitrogen and oxygen atoms in total. The Labute approximate surface area is 475 Å². The molecule has 0 aliphatic carbocycles.